The number of para-hydroxylation sites is 1. The summed E-state index contributed by atoms with van der Waals surface area (Å²) in [5, 5.41) is 12.1. The Balaban J connectivity index is 1.28. The van der Waals surface area contributed by atoms with Crippen LogP contribution in [0.1, 0.15) is 29.7 Å². The average molecular weight is 414 g/mol. The third-order valence-corrected chi connectivity index (χ3v) is 5.83. The van der Waals surface area contributed by atoms with Crippen LogP contribution in [0.15, 0.2) is 67.1 Å². The second-order valence-corrected chi connectivity index (χ2v) is 7.98. The number of hydrogen-bond acceptors (Lipinski definition) is 4. The number of carbonyl (C=O) groups is 1. The molecule has 1 amide bonds. The Kier molecular flexibility index (Phi) is 6.63. The summed E-state index contributed by atoms with van der Waals surface area (Å²) in [7, 11) is 0. The fourth-order valence-corrected chi connectivity index (χ4v) is 4.10. The van der Waals surface area contributed by atoms with Crippen molar-refractivity contribution >= 4 is 11.6 Å². The molecule has 158 valence electrons. The summed E-state index contributed by atoms with van der Waals surface area (Å²) >= 11 is 0. The molecule has 1 atom stereocenters. The van der Waals surface area contributed by atoms with Crippen LogP contribution < -0.4 is 10.2 Å². The van der Waals surface area contributed by atoms with Crippen molar-refractivity contribution in [1.29, 1.82) is 5.26 Å². The number of hydrogen-bond donors (Lipinski definition) is 1. The first-order valence-corrected chi connectivity index (χ1v) is 10.8. The molecule has 1 aliphatic rings. The monoisotopic (exact) mass is 413 g/mol. The number of piperidine rings is 1. The molecule has 0 bridgehead atoms. The van der Waals surface area contributed by atoms with Crippen LogP contribution in [0.4, 0.5) is 5.69 Å². The summed E-state index contributed by atoms with van der Waals surface area (Å²) < 4.78 is 2.09. The molecule has 2 heterocycles. The van der Waals surface area contributed by atoms with Crippen LogP contribution in [0.3, 0.4) is 0 Å². The highest BCUT2D eigenvalue weighted by atomic mass is 16.1. The summed E-state index contributed by atoms with van der Waals surface area (Å²) in [4.78, 5) is 19.3. The Morgan fingerprint density at radius 1 is 1.16 bits per heavy atom. The summed E-state index contributed by atoms with van der Waals surface area (Å²) in [5.41, 5.74) is 4.04. The van der Waals surface area contributed by atoms with Crippen molar-refractivity contribution in [3.8, 4) is 6.07 Å². The molecule has 0 aliphatic carbocycles. The number of rotatable bonds is 7. The van der Waals surface area contributed by atoms with Crippen LogP contribution >= 0.6 is 0 Å². The lowest BCUT2D eigenvalue weighted by atomic mass is 9.96. The van der Waals surface area contributed by atoms with Gasteiger partial charge in [-0.05, 0) is 42.7 Å². The third-order valence-electron chi connectivity index (χ3n) is 5.83. The van der Waals surface area contributed by atoms with Crippen LogP contribution in [-0.2, 0) is 17.8 Å². The highest BCUT2D eigenvalue weighted by molar-refractivity contribution is 5.79. The highest BCUT2D eigenvalue weighted by Crippen LogP contribution is 2.23. The predicted octanol–water partition coefficient (Wildman–Crippen LogP) is 3.38. The molecule has 0 spiro atoms. The third kappa shape index (κ3) is 5.32. The number of nitriles is 1. The lowest BCUT2D eigenvalue weighted by Gasteiger charge is -2.33. The van der Waals surface area contributed by atoms with Gasteiger partial charge in [-0.2, -0.15) is 5.26 Å². The molecule has 3 aromatic rings. The number of benzene rings is 2. The van der Waals surface area contributed by atoms with Crippen molar-refractivity contribution in [2.24, 2.45) is 5.92 Å². The number of nitrogens with zero attached hydrogens (tertiary/aromatic N) is 4. The highest BCUT2D eigenvalue weighted by Gasteiger charge is 2.25. The van der Waals surface area contributed by atoms with Crippen LogP contribution in [-0.4, -0.2) is 35.1 Å². The van der Waals surface area contributed by atoms with E-state index in [2.05, 4.69) is 38.0 Å². The van der Waals surface area contributed by atoms with Crippen LogP contribution in [0.25, 0.3) is 0 Å². The van der Waals surface area contributed by atoms with Crippen molar-refractivity contribution in [3.05, 3.63) is 83.9 Å². The van der Waals surface area contributed by atoms with Crippen LogP contribution in [0.5, 0.6) is 0 Å². The first-order chi connectivity index (χ1) is 15.2. The molecule has 6 heteroatoms. The smallest absolute Gasteiger partial charge is 0.224 e. The Morgan fingerprint density at radius 3 is 2.74 bits per heavy atom. The van der Waals surface area contributed by atoms with Gasteiger partial charge >= 0.3 is 0 Å². The Morgan fingerprint density at radius 2 is 1.97 bits per heavy atom. The number of imidazole rings is 1. The molecule has 1 fully saturated rings. The molecule has 0 unspecified atom stereocenters. The van der Waals surface area contributed by atoms with E-state index in [1.807, 2.05) is 55.0 Å². The van der Waals surface area contributed by atoms with Crippen molar-refractivity contribution in [2.45, 2.75) is 25.8 Å². The van der Waals surface area contributed by atoms with Crippen molar-refractivity contribution in [1.82, 2.24) is 14.9 Å². The van der Waals surface area contributed by atoms with E-state index in [9.17, 15) is 4.79 Å². The minimum atomic E-state index is 0.0255. The quantitative estimate of drug-likeness (QED) is 0.644. The number of carbonyl (C=O) groups excluding carboxylic acids is 1. The molecular weight excluding hydrogens is 386 g/mol. The Bertz CT molecular complexity index is 1040. The molecule has 1 aromatic heterocycles. The van der Waals surface area contributed by atoms with Gasteiger partial charge in [-0.25, -0.2) is 4.98 Å². The second kappa shape index (κ2) is 9.94. The predicted molar refractivity (Wildman–Crippen MR) is 121 cm³/mol. The SMILES string of the molecule is N#Cc1ccc(Cn2cncc2CCNC(=O)[C@H]2CCCN(c3ccccc3)C2)cc1. The van der Waals surface area contributed by atoms with Gasteiger partial charge in [-0.3, -0.25) is 4.79 Å². The summed E-state index contributed by atoms with van der Waals surface area (Å²) in [5.74, 6) is 0.163. The first-order valence-electron chi connectivity index (χ1n) is 10.8. The summed E-state index contributed by atoms with van der Waals surface area (Å²) in [6.07, 6.45) is 6.37. The molecule has 2 aromatic carbocycles. The first kappa shape index (κ1) is 20.7. The largest absolute Gasteiger partial charge is 0.371 e. The van der Waals surface area contributed by atoms with Crippen molar-refractivity contribution < 1.29 is 4.79 Å². The van der Waals surface area contributed by atoms with Gasteiger partial charge in [0.05, 0.1) is 23.9 Å². The number of nitrogens with one attached hydrogen (secondary N) is 1. The molecule has 6 nitrogen and oxygen atoms in total. The van der Waals surface area contributed by atoms with E-state index in [4.69, 9.17) is 5.26 Å². The van der Waals surface area contributed by atoms with E-state index in [1.165, 1.54) is 5.69 Å². The van der Waals surface area contributed by atoms with Gasteiger partial charge in [-0.1, -0.05) is 30.3 Å². The fraction of sp³-hybridized carbons (Fsp3) is 0.320. The van der Waals surface area contributed by atoms with Gasteiger partial charge in [-0.15, -0.1) is 0 Å². The zero-order chi connectivity index (χ0) is 21.5. The van der Waals surface area contributed by atoms with E-state index in [0.717, 1.165) is 43.6 Å². The Hall–Kier alpha value is -3.59. The zero-order valence-corrected chi connectivity index (χ0v) is 17.6. The zero-order valence-electron chi connectivity index (χ0n) is 17.6. The number of anilines is 1. The number of aromatic nitrogens is 2. The van der Waals surface area contributed by atoms with Gasteiger partial charge in [0.1, 0.15) is 0 Å². The molecule has 0 radical (unpaired) electrons. The minimum absolute atomic E-state index is 0.0255. The Labute approximate surface area is 183 Å². The van der Waals surface area contributed by atoms with E-state index in [-0.39, 0.29) is 11.8 Å². The van der Waals surface area contributed by atoms with Gasteiger partial charge in [0.2, 0.25) is 5.91 Å². The summed E-state index contributed by atoms with van der Waals surface area (Å²) in [6.45, 7) is 3.07. The van der Waals surface area contributed by atoms with E-state index in [1.54, 1.807) is 0 Å². The molecule has 0 saturated carbocycles. The second-order valence-electron chi connectivity index (χ2n) is 7.98. The van der Waals surface area contributed by atoms with Crippen molar-refractivity contribution in [3.63, 3.8) is 0 Å². The minimum Gasteiger partial charge on any atom is -0.371 e. The molecule has 4 rings (SSSR count). The van der Waals surface area contributed by atoms with E-state index in [0.29, 0.717) is 18.7 Å². The van der Waals surface area contributed by atoms with Crippen molar-refractivity contribution in [2.75, 3.05) is 24.5 Å². The number of amides is 1. The molecule has 1 aliphatic heterocycles. The lowest BCUT2D eigenvalue weighted by Crippen LogP contribution is -2.43. The van der Waals surface area contributed by atoms with E-state index >= 15 is 0 Å². The van der Waals surface area contributed by atoms with Crippen LogP contribution in [0.2, 0.25) is 0 Å². The van der Waals surface area contributed by atoms with Gasteiger partial charge in [0.15, 0.2) is 0 Å². The standard InChI is InChI=1S/C25H27N5O/c26-15-20-8-10-21(11-9-20)17-30-19-27-16-24(30)12-13-28-25(31)22-5-4-14-29(18-22)23-6-2-1-3-7-23/h1-3,6-11,16,19,22H,4-5,12-14,17-18H2,(H,28,31)/t22-/m0/s1. The average Bonchev–Trinajstić information content (AvgIpc) is 3.27. The molecule has 1 N–H and O–H groups in total. The molecule has 1 saturated heterocycles. The van der Waals surface area contributed by atoms with Gasteiger partial charge < -0.3 is 14.8 Å². The van der Waals surface area contributed by atoms with Gasteiger partial charge in [0, 0.05) is 50.2 Å². The topological polar surface area (TPSA) is 74.0 Å². The normalized spacial score (nSPS) is 16.0. The van der Waals surface area contributed by atoms with Crippen LogP contribution in [0, 0.1) is 17.2 Å². The molecule has 31 heavy (non-hydrogen) atoms. The summed E-state index contributed by atoms with van der Waals surface area (Å²) in [6, 6.07) is 20.0. The van der Waals surface area contributed by atoms with Gasteiger partial charge in [0.25, 0.3) is 0 Å². The molecular formula is C25H27N5O. The lowest BCUT2D eigenvalue weighted by molar-refractivity contribution is -0.125. The maximum atomic E-state index is 12.8. The maximum absolute atomic E-state index is 12.8. The fourth-order valence-electron chi connectivity index (χ4n) is 4.10. The van der Waals surface area contributed by atoms with E-state index < -0.39 is 0 Å². The maximum Gasteiger partial charge on any atom is 0.224 e.